The summed E-state index contributed by atoms with van der Waals surface area (Å²) < 4.78 is 5.59. The molecule has 6 nitrogen and oxygen atoms in total. The quantitative estimate of drug-likeness (QED) is 0.211. The zero-order chi connectivity index (χ0) is 21.9. The Balaban J connectivity index is 0.00000480. The van der Waals surface area contributed by atoms with E-state index >= 15 is 0 Å². The molecule has 31 heavy (non-hydrogen) atoms. The molecule has 0 fully saturated rings. The minimum atomic E-state index is -0.0715. The molecule has 0 saturated carbocycles. The number of aryl methyl sites for hydroxylation is 1. The lowest BCUT2D eigenvalue weighted by molar-refractivity contribution is -0.130. The van der Waals surface area contributed by atoms with E-state index in [1.165, 1.54) is 20.9 Å². The number of guanidine groups is 1. The Kier molecular flexibility index (Phi) is 12.4. The van der Waals surface area contributed by atoms with Crippen LogP contribution in [0, 0.1) is 6.92 Å². The van der Waals surface area contributed by atoms with Crippen molar-refractivity contribution in [1.82, 2.24) is 15.5 Å². The van der Waals surface area contributed by atoms with Crippen LogP contribution in [0.1, 0.15) is 23.6 Å². The number of carbonyl (C=O) groups excluding carboxylic acids is 1. The van der Waals surface area contributed by atoms with E-state index in [0.29, 0.717) is 18.8 Å². The lowest BCUT2D eigenvalue weighted by Gasteiger charge is -2.14. The first kappa shape index (κ1) is 27.1. The lowest BCUT2D eigenvalue weighted by atomic mass is 10.1. The SMILES string of the molecule is CCNC(=NCc1cccc(OCC(=O)N(C)C)c1)NCc1ccc(C)cc1SC.I. The first-order valence-corrected chi connectivity index (χ1v) is 11.2. The van der Waals surface area contributed by atoms with Gasteiger partial charge in [0.2, 0.25) is 0 Å². The normalized spacial score (nSPS) is 10.8. The number of hydrogen-bond acceptors (Lipinski definition) is 4. The number of benzene rings is 2. The van der Waals surface area contributed by atoms with Crippen molar-refractivity contribution in [3.63, 3.8) is 0 Å². The molecule has 0 saturated heterocycles. The Hall–Kier alpha value is -1.94. The zero-order valence-electron chi connectivity index (χ0n) is 18.9. The fraction of sp³-hybridized carbons (Fsp3) is 0.391. The van der Waals surface area contributed by atoms with Crippen LogP contribution in [0.5, 0.6) is 5.75 Å². The molecule has 2 N–H and O–H groups in total. The average Bonchev–Trinajstić information content (AvgIpc) is 2.74. The van der Waals surface area contributed by atoms with Gasteiger partial charge in [0.25, 0.3) is 5.91 Å². The predicted octanol–water partition coefficient (Wildman–Crippen LogP) is 4.06. The van der Waals surface area contributed by atoms with Crippen molar-refractivity contribution in [2.75, 3.05) is 33.5 Å². The van der Waals surface area contributed by atoms with Gasteiger partial charge in [-0.05, 0) is 55.0 Å². The number of likely N-dealkylation sites (N-methyl/N-ethyl adjacent to an activating group) is 1. The number of hydrogen-bond donors (Lipinski definition) is 2. The first-order valence-electron chi connectivity index (χ1n) is 10.0. The summed E-state index contributed by atoms with van der Waals surface area (Å²) in [5.41, 5.74) is 3.53. The molecular formula is C23H33IN4O2S. The smallest absolute Gasteiger partial charge is 0.259 e. The molecule has 1 amide bonds. The van der Waals surface area contributed by atoms with Crippen molar-refractivity contribution in [3.8, 4) is 5.75 Å². The molecule has 2 aromatic carbocycles. The summed E-state index contributed by atoms with van der Waals surface area (Å²) in [4.78, 5) is 19.2. The van der Waals surface area contributed by atoms with Gasteiger partial charge in [-0.25, -0.2) is 4.99 Å². The van der Waals surface area contributed by atoms with E-state index in [2.05, 4.69) is 42.0 Å². The van der Waals surface area contributed by atoms with Gasteiger partial charge in [-0.1, -0.05) is 24.3 Å². The van der Waals surface area contributed by atoms with E-state index in [1.807, 2.05) is 31.2 Å². The van der Waals surface area contributed by atoms with Crippen molar-refractivity contribution >= 4 is 47.6 Å². The molecule has 2 rings (SSSR count). The number of halogens is 1. The summed E-state index contributed by atoms with van der Waals surface area (Å²) in [5.74, 6) is 1.36. The van der Waals surface area contributed by atoms with Crippen LogP contribution < -0.4 is 15.4 Å². The third-order valence-corrected chi connectivity index (χ3v) is 5.23. The summed E-state index contributed by atoms with van der Waals surface area (Å²) in [5, 5.41) is 6.70. The number of ether oxygens (including phenoxy) is 1. The molecule has 0 bridgehead atoms. The van der Waals surface area contributed by atoms with Gasteiger partial charge >= 0.3 is 0 Å². The molecule has 170 valence electrons. The molecule has 0 aliphatic carbocycles. The Labute approximate surface area is 207 Å². The summed E-state index contributed by atoms with van der Waals surface area (Å²) in [6.45, 7) is 6.18. The van der Waals surface area contributed by atoms with Crippen LogP contribution in [0.3, 0.4) is 0 Å². The molecule has 0 aromatic heterocycles. The standard InChI is InChI=1S/C23H32N4O2S.HI/c1-6-24-23(26-15-19-11-10-17(2)12-21(19)30-5)25-14-18-8-7-9-20(13-18)29-16-22(28)27(3)4;/h7-13H,6,14-16H2,1-5H3,(H2,24,25,26);1H. The Morgan fingerprint density at radius 2 is 1.94 bits per heavy atom. The minimum Gasteiger partial charge on any atom is -0.484 e. The van der Waals surface area contributed by atoms with Gasteiger partial charge in [-0.15, -0.1) is 35.7 Å². The number of rotatable bonds is 9. The molecule has 0 unspecified atom stereocenters. The molecular weight excluding hydrogens is 523 g/mol. The third-order valence-electron chi connectivity index (χ3n) is 4.41. The van der Waals surface area contributed by atoms with E-state index in [1.54, 1.807) is 25.9 Å². The molecule has 0 spiro atoms. The summed E-state index contributed by atoms with van der Waals surface area (Å²) in [7, 11) is 3.43. The molecule has 0 heterocycles. The van der Waals surface area contributed by atoms with Crippen LogP contribution in [-0.4, -0.2) is 50.3 Å². The lowest BCUT2D eigenvalue weighted by Crippen LogP contribution is -2.36. The summed E-state index contributed by atoms with van der Waals surface area (Å²) >= 11 is 1.75. The summed E-state index contributed by atoms with van der Waals surface area (Å²) in [6, 6.07) is 14.2. The van der Waals surface area contributed by atoms with Crippen LogP contribution >= 0.6 is 35.7 Å². The van der Waals surface area contributed by atoms with Crippen molar-refractivity contribution in [3.05, 3.63) is 59.2 Å². The number of amides is 1. The van der Waals surface area contributed by atoms with Crippen LogP contribution in [-0.2, 0) is 17.9 Å². The molecule has 2 aromatic rings. The van der Waals surface area contributed by atoms with Crippen LogP contribution in [0.15, 0.2) is 52.4 Å². The van der Waals surface area contributed by atoms with Crippen molar-refractivity contribution < 1.29 is 9.53 Å². The summed E-state index contributed by atoms with van der Waals surface area (Å²) in [6.07, 6.45) is 2.10. The zero-order valence-corrected chi connectivity index (χ0v) is 22.0. The maximum Gasteiger partial charge on any atom is 0.259 e. The largest absolute Gasteiger partial charge is 0.484 e. The maximum atomic E-state index is 11.7. The molecule has 0 radical (unpaired) electrons. The molecule has 8 heteroatoms. The molecule has 0 aliphatic heterocycles. The Bertz CT molecular complexity index is 874. The van der Waals surface area contributed by atoms with Gasteiger partial charge in [0.05, 0.1) is 6.54 Å². The minimum absolute atomic E-state index is 0. The topological polar surface area (TPSA) is 66.0 Å². The Morgan fingerprint density at radius 3 is 2.61 bits per heavy atom. The number of nitrogens with zero attached hydrogens (tertiary/aromatic N) is 2. The van der Waals surface area contributed by atoms with E-state index in [9.17, 15) is 4.79 Å². The van der Waals surface area contributed by atoms with E-state index in [-0.39, 0.29) is 36.5 Å². The predicted molar refractivity (Wildman–Crippen MR) is 141 cm³/mol. The fourth-order valence-corrected chi connectivity index (χ4v) is 3.40. The van der Waals surface area contributed by atoms with Gasteiger partial charge in [0, 0.05) is 32.1 Å². The second-order valence-corrected chi connectivity index (χ2v) is 7.94. The van der Waals surface area contributed by atoms with Crippen LogP contribution in [0.4, 0.5) is 0 Å². The van der Waals surface area contributed by atoms with Gasteiger partial charge in [-0.3, -0.25) is 4.79 Å². The van der Waals surface area contributed by atoms with Crippen LogP contribution in [0.2, 0.25) is 0 Å². The van der Waals surface area contributed by atoms with Crippen molar-refractivity contribution in [2.24, 2.45) is 4.99 Å². The highest BCUT2D eigenvalue weighted by molar-refractivity contribution is 14.0. The van der Waals surface area contributed by atoms with Crippen molar-refractivity contribution in [2.45, 2.75) is 31.8 Å². The van der Waals surface area contributed by atoms with Gasteiger partial charge in [0.15, 0.2) is 12.6 Å². The number of thioether (sulfide) groups is 1. The molecule has 0 aliphatic rings. The van der Waals surface area contributed by atoms with E-state index in [0.717, 1.165) is 18.1 Å². The second-order valence-electron chi connectivity index (χ2n) is 7.09. The first-order chi connectivity index (χ1) is 14.4. The van der Waals surface area contributed by atoms with Crippen LogP contribution in [0.25, 0.3) is 0 Å². The van der Waals surface area contributed by atoms with Gasteiger partial charge < -0.3 is 20.3 Å². The highest BCUT2D eigenvalue weighted by Crippen LogP contribution is 2.21. The van der Waals surface area contributed by atoms with Gasteiger partial charge in [0.1, 0.15) is 5.75 Å². The maximum absolute atomic E-state index is 11.7. The monoisotopic (exact) mass is 556 g/mol. The fourth-order valence-electron chi connectivity index (χ4n) is 2.70. The van der Waals surface area contributed by atoms with E-state index < -0.39 is 0 Å². The highest BCUT2D eigenvalue weighted by Gasteiger charge is 2.06. The van der Waals surface area contributed by atoms with Crippen molar-refractivity contribution in [1.29, 1.82) is 0 Å². The second kappa shape index (κ2) is 14.2. The third kappa shape index (κ3) is 9.39. The number of carbonyl (C=O) groups is 1. The number of nitrogens with one attached hydrogen (secondary N) is 2. The van der Waals surface area contributed by atoms with Gasteiger partial charge in [-0.2, -0.15) is 0 Å². The number of aliphatic imine (C=N–C) groups is 1. The highest BCUT2D eigenvalue weighted by atomic mass is 127. The van der Waals surface area contributed by atoms with E-state index in [4.69, 9.17) is 9.73 Å². The average molecular weight is 557 g/mol. The Morgan fingerprint density at radius 1 is 1.16 bits per heavy atom. The molecule has 0 atom stereocenters.